The number of rotatable bonds is 2. The van der Waals surface area contributed by atoms with E-state index < -0.39 is 5.54 Å². The summed E-state index contributed by atoms with van der Waals surface area (Å²) in [5.41, 5.74) is -0.739. The van der Waals surface area contributed by atoms with Crippen molar-refractivity contribution >= 4 is 11.8 Å². The molecule has 1 saturated heterocycles. The van der Waals surface area contributed by atoms with Gasteiger partial charge >= 0.3 is 0 Å². The Bertz CT molecular complexity index is 284. The maximum absolute atomic E-state index is 12.1. The fourth-order valence-electron chi connectivity index (χ4n) is 2.13. The Hall–Kier alpha value is -1.06. The van der Waals surface area contributed by atoms with Crippen LogP contribution in [0.5, 0.6) is 0 Å². The van der Waals surface area contributed by atoms with Crippen molar-refractivity contribution in [2.75, 3.05) is 0 Å². The van der Waals surface area contributed by atoms with Crippen LogP contribution >= 0.6 is 0 Å². The van der Waals surface area contributed by atoms with Crippen LogP contribution in [-0.2, 0) is 9.59 Å². The minimum absolute atomic E-state index is 0.0251. The zero-order chi connectivity index (χ0) is 11.8. The van der Waals surface area contributed by atoms with E-state index in [1.54, 1.807) is 18.7 Å². The van der Waals surface area contributed by atoms with Crippen molar-refractivity contribution in [3.63, 3.8) is 0 Å². The van der Waals surface area contributed by atoms with Gasteiger partial charge < -0.3 is 10.2 Å². The van der Waals surface area contributed by atoms with Crippen molar-refractivity contribution in [1.29, 1.82) is 0 Å². The molecule has 1 fully saturated rings. The molecule has 0 saturated carbocycles. The molecule has 0 spiro atoms. The van der Waals surface area contributed by atoms with Crippen molar-refractivity contribution in [2.45, 2.75) is 58.7 Å². The number of piperazine rings is 1. The summed E-state index contributed by atoms with van der Waals surface area (Å²) in [5.74, 6) is -0.0419. The number of hydrogen-bond donors (Lipinski definition) is 1. The minimum Gasteiger partial charge on any atom is -0.342 e. The first-order chi connectivity index (χ1) is 6.82. The van der Waals surface area contributed by atoms with Gasteiger partial charge in [0.1, 0.15) is 11.6 Å². The summed E-state index contributed by atoms with van der Waals surface area (Å²) in [4.78, 5) is 25.6. The van der Waals surface area contributed by atoms with Gasteiger partial charge in [-0.2, -0.15) is 0 Å². The summed E-state index contributed by atoms with van der Waals surface area (Å²) in [6.45, 7) is 9.34. The van der Waals surface area contributed by atoms with E-state index in [9.17, 15) is 9.59 Å². The summed E-state index contributed by atoms with van der Waals surface area (Å²) in [5, 5.41) is 2.76. The zero-order valence-corrected chi connectivity index (χ0v) is 10.1. The highest BCUT2D eigenvalue weighted by atomic mass is 16.2. The molecule has 2 amide bonds. The molecule has 1 rings (SSSR count). The maximum Gasteiger partial charge on any atom is 0.246 e. The summed E-state index contributed by atoms with van der Waals surface area (Å²) >= 11 is 0. The molecule has 4 nitrogen and oxygen atoms in total. The number of amides is 2. The van der Waals surface area contributed by atoms with Crippen LogP contribution in [0.4, 0.5) is 0 Å². The number of carbonyl (C=O) groups excluding carboxylic acids is 2. The molecule has 0 bridgehead atoms. The number of carbonyl (C=O) groups is 2. The molecule has 0 aliphatic carbocycles. The lowest BCUT2D eigenvalue weighted by Gasteiger charge is -2.46. The maximum atomic E-state index is 12.1. The van der Waals surface area contributed by atoms with Gasteiger partial charge in [-0.3, -0.25) is 9.59 Å². The van der Waals surface area contributed by atoms with Crippen molar-refractivity contribution in [2.24, 2.45) is 0 Å². The van der Waals surface area contributed by atoms with Gasteiger partial charge in [0.2, 0.25) is 11.8 Å². The third-order valence-corrected chi connectivity index (χ3v) is 2.92. The Morgan fingerprint density at radius 3 is 2.33 bits per heavy atom. The number of nitrogens with zero attached hydrogens (tertiary/aromatic N) is 1. The van der Waals surface area contributed by atoms with Crippen LogP contribution in [0.1, 0.15) is 41.0 Å². The molecule has 4 heteroatoms. The fraction of sp³-hybridized carbons (Fsp3) is 0.818. The van der Waals surface area contributed by atoms with E-state index in [2.05, 4.69) is 5.32 Å². The molecule has 1 aliphatic heterocycles. The van der Waals surface area contributed by atoms with Crippen molar-refractivity contribution in [3.05, 3.63) is 0 Å². The predicted molar refractivity (Wildman–Crippen MR) is 58.3 cm³/mol. The van der Waals surface area contributed by atoms with Gasteiger partial charge in [0.25, 0.3) is 0 Å². The van der Waals surface area contributed by atoms with Crippen LogP contribution in [-0.4, -0.2) is 34.3 Å². The number of nitrogens with one attached hydrogen (secondary N) is 1. The van der Waals surface area contributed by atoms with Crippen LogP contribution in [0.3, 0.4) is 0 Å². The predicted octanol–water partition coefficient (Wildman–Crippen LogP) is 0.910. The molecule has 1 heterocycles. The lowest BCUT2D eigenvalue weighted by molar-refractivity contribution is -0.157. The number of hydrogen-bond acceptors (Lipinski definition) is 2. The smallest absolute Gasteiger partial charge is 0.246 e. The van der Waals surface area contributed by atoms with Gasteiger partial charge in [-0.05, 0) is 34.1 Å². The molecular formula is C11H20N2O2. The summed E-state index contributed by atoms with van der Waals surface area (Å²) in [6.07, 6.45) is 0.643. The second-order valence-electron chi connectivity index (χ2n) is 4.80. The van der Waals surface area contributed by atoms with Crippen LogP contribution in [0, 0.1) is 0 Å². The van der Waals surface area contributed by atoms with Gasteiger partial charge in [-0.15, -0.1) is 0 Å². The van der Waals surface area contributed by atoms with Gasteiger partial charge in [-0.25, -0.2) is 0 Å². The molecule has 1 aliphatic rings. The highest BCUT2D eigenvalue weighted by Gasteiger charge is 2.46. The molecule has 0 aromatic rings. The molecule has 0 radical (unpaired) electrons. The summed E-state index contributed by atoms with van der Waals surface area (Å²) in [7, 11) is 0. The van der Waals surface area contributed by atoms with E-state index in [0.717, 1.165) is 0 Å². The van der Waals surface area contributed by atoms with E-state index in [1.807, 2.05) is 20.8 Å². The van der Waals surface area contributed by atoms with Gasteiger partial charge in [0.15, 0.2) is 0 Å². The molecule has 0 aromatic heterocycles. The molecule has 15 heavy (non-hydrogen) atoms. The van der Waals surface area contributed by atoms with E-state index in [4.69, 9.17) is 0 Å². The highest BCUT2D eigenvalue weighted by molar-refractivity contribution is 5.99. The molecule has 1 N–H and O–H groups in total. The van der Waals surface area contributed by atoms with Crippen LogP contribution in [0.25, 0.3) is 0 Å². The van der Waals surface area contributed by atoms with Crippen molar-refractivity contribution in [3.8, 4) is 0 Å². The molecule has 86 valence electrons. The van der Waals surface area contributed by atoms with E-state index >= 15 is 0 Å². The minimum atomic E-state index is -0.739. The monoisotopic (exact) mass is 212 g/mol. The van der Waals surface area contributed by atoms with E-state index in [1.165, 1.54) is 0 Å². The first kappa shape index (κ1) is 12.0. The van der Waals surface area contributed by atoms with E-state index in [0.29, 0.717) is 6.42 Å². The average molecular weight is 212 g/mol. The second kappa shape index (κ2) is 3.83. The van der Waals surface area contributed by atoms with Crippen molar-refractivity contribution in [1.82, 2.24) is 10.2 Å². The first-order valence-corrected chi connectivity index (χ1v) is 5.46. The lowest BCUT2D eigenvalue weighted by atomic mass is 9.93. The largest absolute Gasteiger partial charge is 0.342 e. The fourth-order valence-corrected chi connectivity index (χ4v) is 2.13. The third-order valence-electron chi connectivity index (χ3n) is 2.92. The SMILES string of the molecule is CCC1NC(=O)C(C)(C)N(C(C)C)C1=O. The Morgan fingerprint density at radius 1 is 1.40 bits per heavy atom. The van der Waals surface area contributed by atoms with Gasteiger partial charge in [0.05, 0.1) is 0 Å². The Kier molecular flexibility index (Phi) is 3.07. The first-order valence-electron chi connectivity index (χ1n) is 5.46. The van der Waals surface area contributed by atoms with E-state index in [-0.39, 0.29) is 23.9 Å². The van der Waals surface area contributed by atoms with Crippen LogP contribution in [0.2, 0.25) is 0 Å². The van der Waals surface area contributed by atoms with Crippen molar-refractivity contribution < 1.29 is 9.59 Å². The molecule has 0 aromatic carbocycles. The van der Waals surface area contributed by atoms with Gasteiger partial charge in [0, 0.05) is 6.04 Å². The normalized spacial score (nSPS) is 25.7. The third kappa shape index (κ3) is 1.85. The molecular weight excluding hydrogens is 192 g/mol. The Morgan fingerprint density at radius 2 is 1.93 bits per heavy atom. The molecule has 1 atom stereocenters. The van der Waals surface area contributed by atoms with Crippen LogP contribution in [0.15, 0.2) is 0 Å². The summed E-state index contributed by atoms with van der Waals surface area (Å²) < 4.78 is 0. The topological polar surface area (TPSA) is 49.4 Å². The standard InChI is InChI=1S/C11H20N2O2/c1-6-8-9(14)13(7(2)3)11(4,5)10(15)12-8/h7-8H,6H2,1-5H3,(H,12,15). The quantitative estimate of drug-likeness (QED) is 0.739. The molecule has 1 unspecified atom stereocenters. The highest BCUT2D eigenvalue weighted by Crippen LogP contribution is 2.24. The lowest BCUT2D eigenvalue weighted by Crippen LogP contribution is -2.69. The second-order valence-corrected chi connectivity index (χ2v) is 4.80. The zero-order valence-electron chi connectivity index (χ0n) is 10.1. The Balaban J connectivity index is 3.06. The Labute approximate surface area is 91.0 Å². The average Bonchev–Trinajstić information content (AvgIpc) is 2.10. The van der Waals surface area contributed by atoms with Gasteiger partial charge in [-0.1, -0.05) is 6.92 Å². The summed E-state index contributed by atoms with van der Waals surface area (Å²) in [6, 6.07) is -0.305. The van der Waals surface area contributed by atoms with Crippen LogP contribution < -0.4 is 5.32 Å².